The molecule has 2 aliphatic heterocycles. The third-order valence-corrected chi connectivity index (χ3v) is 3.63. The zero-order valence-electron chi connectivity index (χ0n) is 11.2. The van der Waals surface area contributed by atoms with Crippen molar-refractivity contribution < 1.29 is 29.6 Å². The zero-order chi connectivity index (χ0) is 15.1. The maximum atomic E-state index is 12.1. The van der Waals surface area contributed by atoms with Crippen molar-refractivity contribution in [2.75, 3.05) is 13.7 Å². The Labute approximate surface area is 115 Å². The number of nitrogens with zero attached hydrogens (tertiary/aromatic N) is 1. The first kappa shape index (κ1) is 15.2. The Morgan fingerprint density at radius 1 is 1.60 bits per heavy atom. The number of rotatable bonds is 3. The van der Waals surface area contributed by atoms with Crippen molar-refractivity contribution in [2.24, 2.45) is 5.73 Å². The van der Waals surface area contributed by atoms with Gasteiger partial charge < -0.3 is 24.8 Å². The number of methoxy groups -OCH3 is 1. The van der Waals surface area contributed by atoms with E-state index in [4.69, 9.17) is 20.3 Å². The lowest BCUT2D eigenvalue weighted by atomic mass is 10.0. The summed E-state index contributed by atoms with van der Waals surface area (Å²) in [6.07, 6.45) is -1.00. The SMILES string of the molecule is COC1(N)C=CN([C@]2(C)O[C@H](CO)[C@@H](O)[C@H]2O)C(=O)N1. The molecule has 0 saturated carbocycles. The third kappa shape index (κ3) is 2.18. The fourth-order valence-electron chi connectivity index (χ4n) is 2.30. The molecule has 5 atom stereocenters. The van der Waals surface area contributed by atoms with E-state index in [1.165, 1.54) is 26.3 Å². The average Bonchev–Trinajstić information content (AvgIpc) is 2.63. The molecule has 2 aliphatic rings. The molecule has 114 valence electrons. The molecule has 2 amide bonds. The first-order chi connectivity index (χ1) is 9.27. The van der Waals surface area contributed by atoms with E-state index in [0.29, 0.717) is 0 Å². The van der Waals surface area contributed by atoms with Gasteiger partial charge in [0.25, 0.3) is 0 Å². The second-order valence-electron chi connectivity index (χ2n) is 4.94. The van der Waals surface area contributed by atoms with Crippen molar-refractivity contribution in [2.45, 2.75) is 36.8 Å². The molecular formula is C11H19N3O6. The molecule has 20 heavy (non-hydrogen) atoms. The molecule has 0 aliphatic carbocycles. The standard InChI is InChI=1S/C11H19N3O6/c1-10(8(17)7(16)6(5-15)20-10)14-4-3-11(12,19-2)13-9(14)18/h3-4,6-8,15-17H,5,12H2,1-2H3,(H,13,18)/t6-,7-,8-,10-,11?/m1/s1. The van der Waals surface area contributed by atoms with E-state index in [2.05, 4.69) is 5.32 Å². The highest BCUT2D eigenvalue weighted by Crippen LogP contribution is 2.35. The maximum absolute atomic E-state index is 12.1. The van der Waals surface area contributed by atoms with Crippen LogP contribution in [0.15, 0.2) is 12.3 Å². The van der Waals surface area contributed by atoms with Crippen LogP contribution in [0, 0.1) is 0 Å². The van der Waals surface area contributed by atoms with Crippen LogP contribution in [0.3, 0.4) is 0 Å². The van der Waals surface area contributed by atoms with E-state index in [1.807, 2.05) is 0 Å². The number of nitrogens with one attached hydrogen (secondary N) is 1. The number of nitrogens with two attached hydrogens (primary N) is 1. The Morgan fingerprint density at radius 2 is 2.25 bits per heavy atom. The average molecular weight is 289 g/mol. The molecule has 2 heterocycles. The minimum atomic E-state index is -1.53. The summed E-state index contributed by atoms with van der Waals surface area (Å²) in [4.78, 5) is 13.1. The van der Waals surface area contributed by atoms with Gasteiger partial charge in [-0.25, -0.2) is 4.79 Å². The van der Waals surface area contributed by atoms with Gasteiger partial charge >= 0.3 is 6.03 Å². The lowest BCUT2D eigenvalue weighted by Crippen LogP contribution is -2.66. The van der Waals surface area contributed by atoms with Crippen LogP contribution in [-0.2, 0) is 9.47 Å². The first-order valence-corrected chi connectivity index (χ1v) is 6.07. The molecule has 1 fully saturated rings. The number of hydrogen-bond acceptors (Lipinski definition) is 7. The summed E-state index contributed by atoms with van der Waals surface area (Å²) in [6.45, 7) is 0.947. The molecule has 0 aromatic heterocycles. The number of aliphatic hydroxyl groups excluding tert-OH is 3. The van der Waals surface area contributed by atoms with Gasteiger partial charge in [-0.15, -0.1) is 0 Å². The Kier molecular flexibility index (Phi) is 3.75. The lowest BCUT2D eigenvalue weighted by molar-refractivity contribution is -0.146. The van der Waals surface area contributed by atoms with Crippen LogP contribution in [-0.4, -0.2) is 69.9 Å². The molecule has 0 aromatic carbocycles. The number of ether oxygens (including phenoxy) is 2. The molecule has 0 radical (unpaired) electrons. The van der Waals surface area contributed by atoms with Gasteiger partial charge in [0, 0.05) is 19.4 Å². The fraction of sp³-hybridized carbons (Fsp3) is 0.727. The van der Waals surface area contributed by atoms with Crippen molar-refractivity contribution in [3.63, 3.8) is 0 Å². The minimum Gasteiger partial charge on any atom is -0.394 e. The molecule has 0 aromatic rings. The highest BCUT2D eigenvalue weighted by Gasteiger charge is 2.56. The quantitative estimate of drug-likeness (QED) is 0.366. The number of hydrogen-bond donors (Lipinski definition) is 5. The summed E-state index contributed by atoms with van der Waals surface area (Å²) in [5, 5.41) is 31.3. The normalized spacial score (nSPS) is 44.8. The fourth-order valence-corrected chi connectivity index (χ4v) is 2.30. The maximum Gasteiger partial charge on any atom is 0.327 e. The van der Waals surface area contributed by atoms with Gasteiger partial charge in [-0.2, -0.15) is 0 Å². The number of carbonyl (C=O) groups excluding carboxylic acids is 1. The van der Waals surface area contributed by atoms with Gasteiger partial charge in [-0.05, 0) is 6.92 Å². The highest BCUT2D eigenvalue weighted by molar-refractivity contribution is 5.78. The zero-order valence-corrected chi connectivity index (χ0v) is 11.2. The number of amides is 2. The van der Waals surface area contributed by atoms with Crippen LogP contribution in [0.5, 0.6) is 0 Å². The van der Waals surface area contributed by atoms with Crippen LogP contribution in [0.1, 0.15) is 6.92 Å². The molecule has 0 spiro atoms. The van der Waals surface area contributed by atoms with Gasteiger partial charge in [-0.3, -0.25) is 16.0 Å². The predicted molar refractivity (Wildman–Crippen MR) is 65.8 cm³/mol. The van der Waals surface area contributed by atoms with Crippen molar-refractivity contribution in [3.8, 4) is 0 Å². The summed E-state index contributed by atoms with van der Waals surface area (Å²) in [5.41, 5.74) is 4.18. The number of carbonyl (C=O) groups is 1. The molecule has 9 heteroatoms. The van der Waals surface area contributed by atoms with Gasteiger partial charge in [0.05, 0.1) is 6.61 Å². The lowest BCUT2D eigenvalue weighted by Gasteiger charge is -2.42. The van der Waals surface area contributed by atoms with Crippen molar-refractivity contribution >= 4 is 6.03 Å². The molecule has 2 rings (SSSR count). The van der Waals surface area contributed by atoms with Crippen LogP contribution < -0.4 is 11.1 Å². The summed E-state index contributed by atoms with van der Waals surface area (Å²) in [7, 11) is 1.33. The molecular weight excluding hydrogens is 270 g/mol. The summed E-state index contributed by atoms with van der Waals surface area (Å²) >= 11 is 0. The molecule has 1 saturated heterocycles. The third-order valence-electron chi connectivity index (χ3n) is 3.63. The van der Waals surface area contributed by atoms with Gasteiger partial charge in [0.2, 0.25) is 5.85 Å². The van der Waals surface area contributed by atoms with Crippen molar-refractivity contribution in [3.05, 3.63) is 12.3 Å². The molecule has 9 nitrogen and oxygen atoms in total. The highest BCUT2D eigenvalue weighted by atomic mass is 16.6. The Morgan fingerprint density at radius 3 is 2.70 bits per heavy atom. The van der Waals surface area contributed by atoms with Crippen LogP contribution in [0.4, 0.5) is 4.79 Å². The van der Waals surface area contributed by atoms with Crippen LogP contribution in [0.25, 0.3) is 0 Å². The second kappa shape index (κ2) is 4.95. The summed E-state index contributed by atoms with van der Waals surface area (Å²) in [6, 6.07) is -0.663. The Bertz CT molecular complexity index is 432. The summed E-state index contributed by atoms with van der Waals surface area (Å²) < 4.78 is 10.3. The van der Waals surface area contributed by atoms with E-state index in [9.17, 15) is 15.0 Å². The van der Waals surface area contributed by atoms with Crippen molar-refractivity contribution in [1.29, 1.82) is 0 Å². The topological polar surface area (TPSA) is 138 Å². The van der Waals surface area contributed by atoms with E-state index >= 15 is 0 Å². The largest absolute Gasteiger partial charge is 0.394 e. The molecule has 0 bridgehead atoms. The van der Waals surface area contributed by atoms with E-state index in [0.717, 1.165) is 4.90 Å². The van der Waals surface area contributed by atoms with E-state index in [-0.39, 0.29) is 0 Å². The van der Waals surface area contributed by atoms with Crippen LogP contribution in [0.2, 0.25) is 0 Å². The number of urea groups is 1. The molecule has 6 N–H and O–H groups in total. The monoisotopic (exact) mass is 289 g/mol. The summed E-state index contributed by atoms with van der Waals surface area (Å²) in [5.74, 6) is -1.44. The van der Waals surface area contributed by atoms with Gasteiger partial charge in [0.1, 0.15) is 18.3 Å². The van der Waals surface area contributed by atoms with Crippen molar-refractivity contribution in [1.82, 2.24) is 10.2 Å². The van der Waals surface area contributed by atoms with Crippen LogP contribution >= 0.6 is 0 Å². The second-order valence-corrected chi connectivity index (χ2v) is 4.94. The van der Waals surface area contributed by atoms with E-state index < -0.39 is 42.5 Å². The Hall–Kier alpha value is -1.23. The smallest absolute Gasteiger partial charge is 0.327 e. The minimum absolute atomic E-state index is 0.480. The first-order valence-electron chi connectivity index (χ1n) is 6.07. The Balaban J connectivity index is 2.28. The van der Waals surface area contributed by atoms with Gasteiger partial charge in [0.15, 0.2) is 5.72 Å². The van der Waals surface area contributed by atoms with E-state index in [1.54, 1.807) is 0 Å². The predicted octanol–water partition coefficient (Wildman–Crippen LogP) is -2.39. The molecule has 1 unspecified atom stereocenters. The van der Waals surface area contributed by atoms with Gasteiger partial charge in [-0.1, -0.05) is 0 Å². The number of aliphatic hydroxyl groups is 3.